The Kier molecular flexibility index (Phi) is 15.7. The minimum atomic E-state index is -0.857. The molecule has 63 heavy (non-hydrogen) atoms. The average molecular weight is 1330 g/mol. The summed E-state index contributed by atoms with van der Waals surface area (Å²) in [6.07, 6.45) is 8.38. The first-order valence-electron chi connectivity index (χ1n) is 22.6. The Labute approximate surface area is 427 Å². The van der Waals surface area contributed by atoms with Gasteiger partial charge in [-0.25, -0.2) is 0 Å². The molecule has 0 unspecified atom stereocenters. The maximum absolute atomic E-state index is 11.9. The van der Waals surface area contributed by atoms with Gasteiger partial charge in [-0.2, -0.15) is 0 Å². The second kappa shape index (κ2) is 19.5. The minimum absolute atomic E-state index is 0.336. The van der Waals surface area contributed by atoms with E-state index in [1.54, 1.807) is 0 Å². The second-order valence-corrected chi connectivity index (χ2v) is 25.1. The maximum Gasteiger partial charge on any atom is 0.164 e. The summed E-state index contributed by atoms with van der Waals surface area (Å²) in [5.41, 5.74) is 0. The molecular weight excluding hydrogens is 1270 g/mol. The fourth-order valence-electron chi connectivity index (χ4n) is 10.8. The third-order valence-corrected chi connectivity index (χ3v) is 17.4. The summed E-state index contributed by atoms with van der Waals surface area (Å²) in [5.74, 6) is -3.25. The van der Waals surface area contributed by atoms with Gasteiger partial charge in [0.25, 0.3) is 0 Å². The highest BCUT2D eigenvalue weighted by Crippen LogP contribution is 2.47. The van der Waals surface area contributed by atoms with Crippen molar-refractivity contribution >= 4 is 90.4 Å². The molecule has 0 spiro atoms. The van der Waals surface area contributed by atoms with E-state index in [0.29, 0.717) is 13.1 Å². The molecular formula is C45H66I4N2O12. The predicted octanol–water partition coefficient (Wildman–Crippen LogP) is 6.65. The molecule has 14 nitrogen and oxygen atoms in total. The van der Waals surface area contributed by atoms with Crippen molar-refractivity contribution < 1.29 is 58.3 Å². The van der Waals surface area contributed by atoms with Crippen molar-refractivity contribution in [2.75, 3.05) is 13.1 Å². The number of hydrogen-bond acceptors (Lipinski definition) is 14. The number of hydrogen-bond donors (Lipinski definition) is 4. The van der Waals surface area contributed by atoms with Crippen LogP contribution in [0.2, 0.25) is 0 Å². The highest BCUT2D eigenvalue weighted by molar-refractivity contribution is 14.1. The molecule has 8 rings (SSSR count). The van der Waals surface area contributed by atoms with Crippen molar-refractivity contribution in [2.45, 2.75) is 221 Å². The first kappa shape index (κ1) is 50.7. The third kappa shape index (κ3) is 10.7. The lowest BCUT2D eigenvalue weighted by Crippen LogP contribution is -2.61. The normalized spacial score (nSPS) is 43.2. The molecule has 4 aliphatic heterocycles. The van der Waals surface area contributed by atoms with Crippen LogP contribution in [-0.2, 0) is 37.9 Å². The summed E-state index contributed by atoms with van der Waals surface area (Å²) in [4.78, 5) is 4.47. The van der Waals surface area contributed by atoms with Crippen LogP contribution in [-0.4, -0.2) is 164 Å². The quantitative estimate of drug-likeness (QED) is 0.108. The molecule has 4 N–H and O–H groups in total. The summed E-state index contributed by atoms with van der Waals surface area (Å²) < 4.78 is 53.8. The molecule has 4 heterocycles. The van der Waals surface area contributed by atoms with E-state index in [1.807, 2.05) is 55.4 Å². The first-order chi connectivity index (χ1) is 29.5. The second-order valence-electron chi connectivity index (χ2n) is 20.2. The molecule has 0 radical (unpaired) electrons. The number of rotatable bonds is 14. The van der Waals surface area contributed by atoms with Gasteiger partial charge in [0.2, 0.25) is 0 Å². The molecule has 0 saturated carbocycles. The van der Waals surface area contributed by atoms with Crippen LogP contribution in [0.1, 0.15) is 100 Å². The summed E-state index contributed by atoms with van der Waals surface area (Å²) >= 11 is 9.24. The minimum Gasteiger partial charge on any atom is -0.388 e. The molecule has 16 atom stereocenters. The molecule has 18 heteroatoms. The van der Waals surface area contributed by atoms with E-state index in [1.165, 1.54) is 0 Å². The number of unbranched alkanes of at least 4 members (excludes halogenated alkanes) is 6. The average Bonchev–Trinajstić information content (AvgIpc) is 3.93. The van der Waals surface area contributed by atoms with Gasteiger partial charge in [0.15, 0.2) is 23.1 Å². The van der Waals surface area contributed by atoms with Gasteiger partial charge in [0.1, 0.15) is 73.2 Å². The molecule has 4 aliphatic carbocycles. The van der Waals surface area contributed by atoms with Crippen LogP contribution < -0.4 is 0 Å². The molecule has 0 aromatic rings. The number of ether oxygens (including phenoxy) is 8. The van der Waals surface area contributed by atoms with E-state index in [-0.39, 0.29) is 24.4 Å². The van der Waals surface area contributed by atoms with Crippen LogP contribution in [0.4, 0.5) is 0 Å². The van der Waals surface area contributed by atoms with E-state index < -0.39 is 96.1 Å². The summed E-state index contributed by atoms with van der Waals surface area (Å²) in [7, 11) is 0. The molecule has 0 amide bonds. The number of fused-ring (bicyclic) bond motifs is 4. The summed E-state index contributed by atoms with van der Waals surface area (Å²) in [5, 5.41) is 47.6. The van der Waals surface area contributed by atoms with Crippen LogP contribution in [0, 0.1) is 0 Å². The van der Waals surface area contributed by atoms with Crippen molar-refractivity contribution in [2.24, 2.45) is 0 Å². The van der Waals surface area contributed by atoms with Gasteiger partial charge in [0.05, 0.1) is 24.2 Å². The monoisotopic (exact) mass is 1330 g/mol. The van der Waals surface area contributed by atoms with Crippen molar-refractivity contribution in [3.63, 3.8) is 0 Å². The van der Waals surface area contributed by atoms with E-state index in [9.17, 15) is 20.4 Å². The molecule has 0 bridgehead atoms. The van der Waals surface area contributed by atoms with Gasteiger partial charge < -0.3 is 58.3 Å². The zero-order chi connectivity index (χ0) is 45.6. The molecule has 0 aromatic carbocycles. The SMILES string of the molecule is CC1(C)O[C@H]2[C@H](O)[C@@H](N(CCCCCCCCCN([C@H]3C=C(I)[C@H]4OC(C)(C)O[C@H]4[C@@H]3O)[C@H]3C=C(I)[C@H]4OC(C)(C)O[C@H]4[C@@H]3O)[C@H]3C=C(I)[C@H]4OC(C)(C)O[C@H]4[C@@H]3O)C=C(I)[C@H]2O1. The molecule has 356 valence electrons. The molecule has 4 fully saturated rings. The highest BCUT2D eigenvalue weighted by atomic mass is 127. The fraction of sp³-hybridized carbons (Fsp3) is 0.822. The van der Waals surface area contributed by atoms with Crippen molar-refractivity contribution in [3.8, 4) is 0 Å². The fourth-order valence-corrected chi connectivity index (χ4v) is 14.2. The van der Waals surface area contributed by atoms with Crippen LogP contribution in [0.15, 0.2) is 38.6 Å². The largest absolute Gasteiger partial charge is 0.388 e. The zero-order valence-electron chi connectivity index (χ0n) is 37.4. The van der Waals surface area contributed by atoms with Gasteiger partial charge in [-0.05, 0) is 172 Å². The zero-order valence-corrected chi connectivity index (χ0v) is 46.0. The molecule has 8 aliphatic rings. The summed E-state index contributed by atoms with van der Waals surface area (Å²) in [6.45, 7) is 16.4. The number of aliphatic hydroxyl groups excluding tert-OH is 4. The van der Waals surface area contributed by atoms with Gasteiger partial charge >= 0.3 is 0 Å². The predicted molar refractivity (Wildman–Crippen MR) is 269 cm³/mol. The lowest BCUT2D eigenvalue weighted by atomic mass is 9.87. The van der Waals surface area contributed by atoms with Crippen molar-refractivity contribution in [1.82, 2.24) is 9.80 Å². The Morgan fingerprint density at radius 1 is 0.381 bits per heavy atom. The van der Waals surface area contributed by atoms with Crippen LogP contribution in [0.25, 0.3) is 0 Å². The van der Waals surface area contributed by atoms with E-state index in [2.05, 4.69) is 124 Å². The Hall–Kier alpha value is 1.32. The Morgan fingerprint density at radius 3 is 0.810 bits per heavy atom. The lowest BCUT2D eigenvalue weighted by molar-refractivity contribution is -0.162. The standard InChI is InChI=1S/C45H66I4N2O12/c1-42(2)56-34-22(46)18-26(30(52)38(34)60-42)50(27-19-23(47)35-39(31(27)53)61-43(3,4)57-35)16-14-12-10-9-11-13-15-17-51(28-20-24(48)36-40(32(28)54)62-44(5,6)58-36)29-21-25(49)37-41(33(29)55)63-45(7,8)59-37/h18-21,26-41,52-55H,9-17H2,1-8H3/t26-,27-,28-,29-,30+,31+,32+,33+,34+,35+,36+,37+,38-,39-,40-,41-/m0/s1. The van der Waals surface area contributed by atoms with E-state index in [4.69, 9.17) is 37.9 Å². The van der Waals surface area contributed by atoms with E-state index in [0.717, 1.165) is 59.3 Å². The Morgan fingerprint density at radius 2 is 0.587 bits per heavy atom. The Bertz CT molecular complexity index is 1570. The third-order valence-electron chi connectivity index (χ3n) is 13.5. The first-order valence-corrected chi connectivity index (χ1v) is 26.9. The maximum atomic E-state index is 11.9. The van der Waals surface area contributed by atoms with Crippen molar-refractivity contribution in [1.29, 1.82) is 0 Å². The Balaban J connectivity index is 0.897. The van der Waals surface area contributed by atoms with Gasteiger partial charge in [-0.1, -0.05) is 56.4 Å². The lowest BCUT2D eigenvalue weighted by Gasteiger charge is -2.46. The molecule has 0 aromatic heterocycles. The highest BCUT2D eigenvalue weighted by Gasteiger charge is 2.57. The van der Waals surface area contributed by atoms with Gasteiger partial charge in [0, 0.05) is 14.3 Å². The number of halogens is 4. The number of aliphatic hydroxyl groups is 4. The van der Waals surface area contributed by atoms with Crippen LogP contribution in [0.5, 0.6) is 0 Å². The van der Waals surface area contributed by atoms with Crippen molar-refractivity contribution in [3.05, 3.63) is 38.6 Å². The van der Waals surface area contributed by atoms with Gasteiger partial charge in [-0.3, -0.25) is 9.80 Å². The molecule has 4 saturated heterocycles. The topological polar surface area (TPSA) is 161 Å². The van der Waals surface area contributed by atoms with E-state index >= 15 is 0 Å². The number of nitrogens with zero attached hydrogens (tertiary/aromatic N) is 2. The van der Waals surface area contributed by atoms with Gasteiger partial charge in [-0.15, -0.1) is 0 Å². The van der Waals surface area contributed by atoms with Crippen LogP contribution in [0.3, 0.4) is 0 Å². The summed E-state index contributed by atoms with van der Waals surface area (Å²) in [6, 6.07) is -1.60. The smallest absolute Gasteiger partial charge is 0.164 e. The van der Waals surface area contributed by atoms with Crippen LogP contribution >= 0.6 is 90.4 Å².